The highest BCUT2D eigenvalue weighted by atomic mass is 32.1. The zero-order valence-corrected chi connectivity index (χ0v) is 18.1. The minimum Gasteiger partial charge on any atom is -0.361 e. The molecule has 0 fully saturated rings. The normalized spacial score (nSPS) is 13.0. The maximum Gasteiger partial charge on any atom is 0.243 e. The van der Waals surface area contributed by atoms with Crippen molar-refractivity contribution in [2.45, 2.75) is 32.4 Å². The van der Waals surface area contributed by atoms with Crippen LogP contribution < -0.4 is 10.6 Å². The molecule has 2 amide bonds. The standard InChI is InChI=1S/C23H23N5O2S/c1-14(23-28-21(13-31-23)16-6-5-9-24-11-16)26-22(30)20(27-15(2)29)10-17-12-25-19-8-4-3-7-18(17)19/h3-9,11-14,20,25H,10H2,1-2H3,(H,26,30)(H,27,29). The predicted molar refractivity (Wildman–Crippen MR) is 122 cm³/mol. The van der Waals surface area contributed by atoms with E-state index in [9.17, 15) is 9.59 Å². The highest BCUT2D eigenvalue weighted by Crippen LogP contribution is 2.25. The van der Waals surface area contributed by atoms with Gasteiger partial charge in [0.15, 0.2) is 0 Å². The highest BCUT2D eigenvalue weighted by Gasteiger charge is 2.24. The Balaban J connectivity index is 1.48. The number of nitrogens with zero attached hydrogens (tertiary/aromatic N) is 2. The van der Waals surface area contributed by atoms with Crippen molar-refractivity contribution in [3.05, 3.63) is 70.9 Å². The van der Waals surface area contributed by atoms with E-state index in [1.165, 1.54) is 18.3 Å². The third-order valence-electron chi connectivity index (χ3n) is 5.00. The molecule has 3 aromatic heterocycles. The summed E-state index contributed by atoms with van der Waals surface area (Å²) in [6.07, 6.45) is 5.75. The lowest BCUT2D eigenvalue weighted by Gasteiger charge is -2.20. The minimum absolute atomic E-state index is 0.244. The molecular formula is C23H23N5O2S. The van der Waals surface area contributed by atoms with Crippen molar-refractivity contribution >= 4 is 34.1 Å². The molecule has 0 aliphatic rings. The predicted octanol–water partition coefficient (Wildman–Crippen LogP) is 3.61. The van der Waals surface area contributed by atoms with Gasteiger partial charge in [-0.2, -0.15) is 0 Å². The zero-order chi connectivity index (χ0) is 21.8. The van der Waals surface area contributed by atoms with Crippen LogP contribution in [0.1, 0.15) is 30.5 Å². The van der Waals surface area contributed by atoms with Crippen molar-refractivity contribution in [3.8, 4) is 11.3 Å². The number of fused-ring (bicyclic) bond motifs is 1. The maximum absolute atomic E-state index is 13.0. The third kappa shape index (κ3) is 4.80. The fourth-order valence-corrected chi connectivity index (χ4v) is 4.32. The second kappa shape index (κ2) is 9.09. The van der Waals surface area contributed by atoms with Gasteiger partial charge in [-0.25, -0.2) is 4.98 Å². The molecule has 2 unspecified atom stereocenters. The second-order valence-corrected chi connectivity index (χ2v) is 8.25. The largest absolute Gasteiger partial charge is 0.361 e. The number of para-hydroxylation sites is 1. The average molecular weight is 434 g/mol. The van der Waals surface area contributed by atoms with Gasteiger partial charge in [-0.05, 0) is 30.7 Å². The molecule has 0 aliphatic carbocycles. The van der Waals surface area contributed by atoms with Crippen LogP contribution in [0.25, 0.3) is 22.2 Å². The number of rotatable bonds is 7. The Morgan fingerprint density at radius 2 is 2.00 bits per heavy atom. The number of H-pyrrole nitrogens is 1. The molecule has 31 heavy (non-hydrogen) atoms. The smallest absolute Gasteiger partial charge is 0.243 e. The van der Waals surface area contributed by atoms with E-state index in [-0.39, 0.29) is 17.9 Å². The zero-order valence-electron chi connectivity index (χ0n) is 17.3. The molecule has 7 nitrogen and oxygen atoms in total. The van der Waals surface area contributed by atoms with Gasteiger partial charge in [0.05, 0.1) is 11.7 Å². The quantitative estimate of drug-likeness (QED) is 0.414. The summed E-state index contributed by atoms with van der Waals surface area (Å²) in [6, 6.07) is 10.7. The number of nitrogens with one attached hydrogen (secondary N) is 3. The van der Waals surface area contributed by atoms with Gasteiger partial charge in [-0.1, -0.05) is 18.2 Å². The SMILES string of the molecule is CC(=O)NC(Cc1c[nH]c2ccccc12)C(=O)NC(C)c1nc(-c2cccnc2)cs1. The van der Waals surface area contributed by atoms with Gasteiger partial charge in [0.25, 0.3) is 0 Å². The van der Waals surface area contributed by atoms with Gasteiger partial charge in [0.1, 0.15) is 11.0 Å². The van der Waals surface area contributed by atoms with Crippen LogP contribution in [0.4, 0.5) is 0 Å². The second-order valence-electron chi connectivity index (χ2n) is 7.36. The summed E-state index contributed by atoms with van der Waals surface area (Å²) in [6.45, 7) is 3.31. The number of hydrogen-bond donors (Lipinski definition) is 3. The molecule has 0 saturated carbocycles. The van der Waals surface area contributed by atoms with Crippen molar-refractivity contribution in [2.24, 2.45) is 0 Å². The van der Waals surface area contributed by atoms with Crippen LogP contribution in [0.15, 0.2) is 60.4 Å². The molecule has 4 aromatic rings. The molecule has 0 bridgehead atoms. The molecule has 0 radical (unpaired) electrons. The van der Waals surface area contributed by atoms with E-state index in [2.05, 4.69) is 25.6 Å². The van der Waals surface area contributed by atoms with Crippen molar-refractivity contribution in [1.82, 2.24) is 25.6 Å². The Morgan fingerprint density at radius 3 is 2.77 bits per heavy atom. The lowest BCUT2D eigenvalue weighted by atomic mass is 10.0. The molecule has 1 aromatic carbocycles. The fraction of sp³-hybridized carbons (Fsp3) is 0.217. The number of pyridine rings is 1. The monoisotopic (exact) mass is 433 g/mol. The molecule has 2 atom stereocenters. The summed E-state index contributed by atoms with van der Waals surface area (Å²) in [7, 11) is 0. The first-order valence-electron chi connectivity index (χ1n) is 9.99. The van der Waals surface area contributed by atoms with Crippen molar-refractivity contribution in [1.29, 1.82) is 0 Å². The van der Waals surface area contributed by atoms with Crippen LogP contribution in [-0.2, 0) is 16.0 Å². The van der Waals surface area contributed by atoms with Gasteiger partial charge in [-0.3, -0.25) is 14.6 Å². The molecular weight excluding hydrogens is 410 g/mol. The van der Waals surface area contributed by atoms with E-state index in [1.807, 2.05) is 54.9 Å². The summed E-state index contributed by atoms with van der Waals surface area (Å²) < 4.78 is 0. The number of aromatic nitrogens is 3. The van der Waals surface area contributed by atoms with Gasteiger partial charge in [0.2, 0.25) is 11.8 Å². The lowest BCUT2D eigenvalue weighted by Crippen LogP contribution is -2.47. The number of benzene rings is 1. The maximum atomic E-state index is 13.0. The van der Waals surface area contributed by atoms with Crippen LogP contribution in [0.2, 0.25) is 0 Å². The van der Waals surface area contributed by atoms with Crippen LogP contribution in [0.5, 0.6) is 0 Å². The van der Waals surface area contributed by atoms with Crippen LogP contribution in [0.3, 0.4) is 0 Å². The minimum atomic E-state index is -0.683. The van der Waals surface area contributed by atoms with Gasteiger partial charge in [0, 0.05) is 53.8 Å². The molecule has 0 saturated heterocycles. The van der Waals surface area contributed by atoms with E-state index in [0.29, 0.717) is 6.42 Å². The molecule has 3 heterocycles. The third-order valence-corrected chi connectivity index (χ3v) is 6.03. The number of hydrogen-bond acceptors (Lipinski definition) is 5. The average Bonchev–Trinajstić information content (AvgIpc) is 3.41. The van der Waals surface area contributed by atoms with Crippen molar-refractivity contribution in [3.63, 3.8) is 0 Å². The van der Waals surface area contributed by atoms with Gasteiger partial charge >= 0.3 is 0 Å². The number of aromatic amines is 1. The Kier molecular flexibility index (Phi) is 6.08. The van der Waals surface area contributed by atoms with E-state index in [0.717, 1.165) is 32.7 Å². The van der Waals surface area contributed by atoms with Gasteiger partial charge < -0.3 is 15.6 Å². The number of carbonyl (C=O) groups is 2. The van der Waals surface area contributed by atoms with Gasteiger partial charge in [-0.15, -0.1) is 11.3 Å². The molecule has 0 aliphatic heterocycles. The molecule has 4 rings (SSSR count). The Bertz CT molecular complexity index is 1200. The molecule has 158 valence electrons. The van der Waals surface area contributed by atoms with E-state index >= 15 is 0 Å². The van der Waals surface area contributed by atoms with E-state index in [4.69, 9.17) is 0 Å². The topological polar surface area (TPSA) is 99.8 Å². The van der Waals surface area contributed by atoms with Crippen molar-refractivity contribution in [2.75, 3.05) is 0 Å². The van der Waals surface area contributed by atoms with Crippen LogP contribution >= 0.6 is 11.3 Å². The number of carbonyl (C=O) groups excluding carboxylic acids is 2. The van der Waals surface area contributed by atoms with E-state index < -0.39 is 6.04 Å². The first-order chi connectivity index (χ1) is 15.0. The highest BCUT2D eigenvalue weighted by molar-refractivity contribution is 7.10. The van der Waals surface area contributed by atoms with Crippen LogP contribution in [0, 0.1) is 0 Å². The summed E-state index contributed by atoms with van der Waals surface area (Å²) in [5, 5.41) is 9.56. The fourth-order valence-electron chi connectivity index (χ4n) is 3.48. The summed E-state index contributed by atoms with van der Waals surface area (Å²) >= 11 is 1.48. The molecule has 0 spiro atoms. The Morgan fingerprint density at radius 1 is 1.16 bits per heavy atom. The molecule has 3 N–H and O–H groups in total. The van der Waals surface area contributed by atoms with E-state index in [1.54, 1.807) is 12.4 Å². The first-order valence-corrected chi connectivity index (χ1v) is 10.9. The summed E-state index contributed by atoms with van der Waals surface area (Å²) in [4.78, 5) is 36.8. The number of amides is 2. The van der Waals surface area contributed by atoms with Crippen LogP contribution in [-0.4, -0.2) is 32.8 Å². The Labute approximate surface area is 183 Å². The first kappa shape index (κ1) is 20.7. The summed E-state index contributed by atoms with van der Waals surface area (Å²) in [5.41, 5.74) is 3.73. The van der Waals surface area contributed by atoms with Crippen molar-refractivity contribution < 1.29 is 9.59 Å². The summed E-state index contributed by atoms with van der Waals surface area (Å²) in [5.74, 6) is -0.494. The molecule has 8 heteroatoms. The Hall–Kier alpha value is -3.52. The number of thiazole rings is 1. The lowest BCUT2D eigenvalue weighted by molar-refractivity contribution is -0.128.